The zero-order valence-electron chi connectivity index (χ0n) is 13.8. The summed E-state index contributed by atoms with van der Waals surface area (Å²) in [5, 5.41) is 4.18. The van der Waals surface area contributed by atoms with Gasteiger partial charge in [-0.3, -0.25) is 4.79 Å². The first-order valence-electron chi connectivity index (χ1n) is 7.89. The third-order valence-electron chi connectivity index (χ3n) is 4.53. The van der Waals surface area contributed by atoms with E-state index in [-0.39, 0.29) is 5.91 Å². The van der Waals surface area contributed by atoms with Crippen molar-refractivity contribution >= 4 is 16.8 Å². The molecule has 3 aromatic rings. The van der Waals surface area contributed by atoms with Crippen LogP contribution in [0.25, 0.3) is 10.9 Å². The third-order valence-corrected chi connectivity index (χ3v) is 4.53. The van der Waals surface area contributed by atoms with E-state index >= 15 is 0 Å². The molecule has 23 heavy (non-hydrogen) atoms. The Morgan fingerprint density at radius 3 is 2.57 bits per heavy atom. The quantitative estimate of drug-likeness (QED) is 0.750. The predicted molar refractivity (Wildman–Crippen MR) is 94.4 cm³/mol. The normalized spacial score (nSPS) is 11.6. The van der Waals surface area contributed by atoms with Gasteiger partial charge in [0, 0.05) is 23.6 Å². The van der Waals surface area contributed by atoms with Crippen molar-refractivity contribution in [3.05, 3.63) is 71.4 Å². The Morgan fingerprint density at radius 2 is 1.78 bits per heavy atom. The molecule has 0 radical (unpaired) electrons. The molecule has 0 atom stereocenters. The number of benzene rings is 2. The molecule has 0 bridgehead atoms. The number of carbonyl (C=O) groups excluding carboxylic acids is 1. The van der Waals surface area contributed by atoms with Gasteiger partial charge >= 0.3 is 0 Å². The van der Waals surface area contributed by atoms with Crippen molar-refractivity contribution in [1.82, 2.24) is 10.3 Å². The fourth-order valence-electron chi connectivity index (χ4n) is 2.92. The van der Waals surface area contributed by atoms with Gasteiger partial charge in [0.2, 0.25) is 5.91 Å². The van der Waals surface area contributed by atoms with E-state index in [2.05, 4.69) is 29.4 Å². The second-order valence-electron chi connectivity index (χ2n) is 6.48. The zero-order chi connectivity index (χ0) is 16.4. The average molecular weight is 306 g/mol. The maximum atomic E-state index is 12.8. The lowest BCUT2D eigenvalue weighted by Gasteiger charge is -2.23. The summed E-state index contributed by atoms with van der Waals surface area (Å²) in [6, 6.07) is 16.2. The van der Waals surface area contributed by atoms with Crippen molar-refractivity contribution in [3.8, 4) is 0 Å². The molecule has 0 saturated carbocycles. The number of para-hydroxylation sites is 1. The zero-order valence-corrected chi connectivity index (χ0v) is 13.8. The van der Waals surface area contributed by atoms with Crippen LogP contribution >= 0.6 is 0 Å². The third kappa shape index (κ3) is 2.87. The molecule has 1 heterocycles. The lowest BCUT2D eigenvalue weighted by atomic mass is 9.83. The summed E-state index contributed by atoms with van der Waals surface area (Å²) in [5.74, 6) is 0.0329. The summed E-state index contributed by atoms with van der Waals surface area (Å²) in [5.41, 5.74) is 3.83. The number of fused-ring (bicyclic) bond motifs is 1. The largest absolute Gasteiger partial charge is 0.361 e. The van der Waals surface area contributed by atoms with Gasteiger partial charge < -0.3 is 10.3 Å². The van der Waals surface area contributed by atoms with Gasteiger partial charge in [-0.25, -0.2) is 0 Å². The minimum atomic E-state index is -0.595. The summed E-state index contributed by atoms with van der Waals surface area (Å²) in [6.45, 7) is 6.55. The number of aryl methyl sites for hydroxylation is 1. The van der Waals surface area contributed by atoms with E-state index in [0.717, 1.165) is 22.0 Å². The lowest BCUT2D eigenvalue weighted by Crippen LogP contribution is -2.39. The van der Waals surface area contributed by atoms with Crippen LogP contribution in [0.15, 0.2) is 54.7 Å². The molecule has 0 aliphatic carbocycles. The average Bonchev–Trinajstić information content (AvgIpc) is 2.98. The van der Waals surface area contributed by atoms with Gasteiger partial charge in [-0.1, -0.05) is 42.5 Å². The Bertz CT molecular complexity index is 845. The molecule has 0 aliphatic heterocycles. The van der Waals surface area contributed by atoms with Gasteiger partial charge in [0.15, 0.2) is 0 Å². The van der Waals surface area contributed by atoms with Gasteiger partial charge in [0.05, 0.1) is 5.41 Å². The molecular formula is C20H22N2O. The summed E-state index contributed by atoms with van der Waals surface area (Å²) < 4.78 is 0. The first kappa shape index (κ1) is 15.3. The number of carbonyl (C=O) groups is 1. The van der Waals surface area contributed by atoms with Gasteiger partial charge in [0.1, 0.15) is 0 Å². The van der Waals surface area contributed by atoms with E-state index in [1.165, 1.54) is 5.56 Å². The van der Waals surface area contributed by atoms with E-state index in [0.29, 0.717) is 6.54 Å². The van der Waals surface area contributed by atoms with Crippen LogP contribution in [0.2, 0.25) is 0 Å². The minimum absolute atomic E-state index is 0.0329. The van der Waals surface area contributed by atoms with Crippen LogP contribution in [0.4, 0.5) is 0 Å². The number of hydrogen-bond acceptors (Lipinski definition) is 1. The molecule has 1 aromatic heterocycles. The predicted octanol–water partition coefficient (Wildman–Crippen LogP) is 4.07. The first-order chi connectivity index (χ1) is 11.0. The van der Waals surface area contributed by atoms with E-state index in [4.69, 9.17) is 0 Å². The number of amides is 1. The van der Waals surface area contributed by atoms with E-state index < -0.39 is 5.41 Å². The topological polar surface area (TPSA) is 44.9 Å². The molecule has 0 unspecified atom stereocenters. The van der Waals surface area contributed by atoms with E-state index in [9.17, 15) is 4.79 Å². The Morgan fingerprint density at radius 1 is 1.09 bits per heavy atom. The fourth-order valence-corrected chi connectivity index (χ4v) is 2.92. The van der Waals surface area contributed by atoms with Crippen molar-refractivity contribution in [2.75, 3.05) is 0 Å². The summed E-state index contributed by atoms with van der Waals surface area (Å²) in [6.07, 6.45) is 1.94. The number of hydrogen-bond donors (Lipinski definition) is 2. The van der Waals surface area contributed by atoms with Gasteiger partial charge in [-0.2, -0.15) is 0 Å². The van der Waals surface area contributed by atoms with Crippen molar-refractivity contribution in [2.24, 2.45) is 0 Å². The lowest BCUT2D eigenvalue weighted by molar-refractivity contribution is -0.125. The summed E-state index contributed by atoms with van der Waals surface area (Å²) >= 11 is 0. The fraction of sp³-hybridized carbons (Fsp3) is 0.250. The first-order valence-corrected chi connectivity index (χ1v) is 7.89. The standard InChI is InChI=1S/C20H22N2O/c1-14-8-4-5-9-15(14)12-22-19(23)20(2,3)17-13-21-18-11-7-6-10-16(17)18/h4-11,13,21H,12H2,1-3H3,(H,22,23). The number of aromatic amines is 1. The molecule has 0 saturated heterocycles. The highest BCUT2D eigenvalue weighted by Gasteiger charge is 2.31. The smallest absolute Gasteiger partial charge is 0.230 e. The van der Waals surface area contributed by atoms with E-state index in [1.54, 1.807) is 0 Å². The number of H-pyrrole nitrogens is 1. The molecule has 2 aromatic carbocycles. The van der Waals surface area contributed by atoms with Crippen LogP contribution in [-0.4, -0.2) is 10.9 Å². The molecule has 0 aliphatic rings. The monoisotopic (exact) mass is 306 g/mol. The second kappa shape index (κ2) is 5.92. The van der Waals surface area contributed by atoms with Crippen molar-refractivity contribution in [1.29, 1.82) is 0 Å². The maximum Gasteiger partial charge on any atom is 0.230 e. The second-order valence-corrected chi connectivity index (χ2v) is 6.48. The van der Waals surface area contributed by atoms with Crippen LogP contribution in [0, 0.1) is 6.92 Å². The number of aromatic nitrogens is 1. The number of rotatable bonds is 4. The SMILES string of the molecule is Cc1ccccc1CNC(=O)C(C)(C)c1c[nH]c2ccccc12. The Kier molecular flexibility index (Phi) is 3.95. The van der Waals surface area contributed by atoms with Crippen LogP contribution in [0.1, 0.15) is 30.5 Å². The molecule has 1 amide bonds. The Balaban J connectivity index is 1.82. The molecule has 3 nitrogen and oxygen atoms in total. The van der Waals surface area contributed by atoms with Gasteiger partial charge in [-0.15, -0.1) is 0 Å². The molecule has 3 rings (SSSR count). The summed E-state index contributed by atoms with van der Waals surface area (Å²) in [4.78, 5) is 16.0. The molecule has 0 spiro atoms. The van der Waals surface area contributed by atoms with Crippen molar-refractivity contribution in [3.63, 3.8) is 0 Å². The Labute approximate surface area is 136 Å². The number of nitrogens with one attached hydrogen (secondary N) is 2. The molecule has 0 fully saturated rings. The van der Waals surface area contributed by atoms with Crippen LogP contribution < -0.4 is 5.32 Å². The highest BCUT2D eigenvalue weighted by molar-refractivity contribution is 5.94. The van der Waals surface area contributed by atoms with Crippen molar-refractivity contribution in [2.45, 2.75) is 32.7 Å². The maximum absolute atomic E-state index is 12.8. The summed E-state index contributed by atoms with van der Waals surface area (Å²) in [7, 11) is 0. The van der Waals surface area contributed by atoms with Crippen LogP contribution in [-0.2, 0) is 16.8 Å². The molecule has 118 valence electrons. The molecular weight excluding hydrogens is 284 g/mol. The van der Waals surface area contributed by atoms with Crippen LogP contribution in [0.3, 0.4) is 0 Å². The molecule has 3 heteroatoms. The van der Waals surface area contributed by atoms with Gasteiger partial charge in [-0.05, 0) is 43.5 Å². The molecule has 2 N–H and O–H groups in total. The minimum Gasteiger partial charge on any atom is -0.361 e. The van der Waals surface area contributed by atoms with Crippen molar-refractivity contribution < 1.29 is 4.79 Å². The Hall–Kier alpha value is -2.55. The highest BCUT2D eigenvalue weighted by Crippen LogP contribution is 2.30. The van der Waals surface area contributed by atoms with Gasteiger partial charge in [0.25, 0.3) is 0 Å². The highest BCUT2D eigenvalue weighted by atomic mass is 16.2. The van der Waals surface area contributed by atoms with E-state index in [1.807, 2.05) is 56.4 Å². The van der Waals surface area contributed by atoms with Crippen LogP contribution in [0.5, 0.6) is 0 Å².